The highest BCUT2D eigenvalue weighted by atomic mass is 79.9. The molecule has 0 fully saturated rings. The molecule has 0 aliphatic rings. The zero-order valence-corrected chi connectivity index (χ0v) is 12.3. The summed E-state index contributed by atoms with van der Waals surface area (Å²) in [7, 11) is 0. The first-order chi connectivity index (χ1) is 10.1. The van der Waals surface area contributed by atoms with Crippen LogP contribution in [0.5, 0.6) is 0 Å². The molecule has 0 amide bonds. The summed E-state index contributed by atoms with van der Waals surface area (Å²) in [5.41, 5.74) is 7.09. The molecule has 21 heavy (non-hydrogen) atoms. The highest BCUT2D eigenvalue weighted by Gasteiger charge is 2.21. The Kier molecular flexibility index (Phi) is 3.47. The van der Waals surface area contributed by atoms with Crippen LogP contribution in [0, 0.1) is 11.6 Å². The second-order valence-electron chi connectivity index (χ2n) is 4.44. The summed E-state index contributed by atoms with van der Waals surface area (Å²) in [5.74, 6) is -1.17. The lowest BCUT2D eigenvalue weighted by Crippen LogP contribution is -1.93. The molecular weight excluding hydrogens is 340 g/mol. The van der Waals surface area contributed by atoms with Gasteiger partial charge in [0, 0.05) is 10.0 Å². The van der Waals surface area contributed by atoms with Gasteiger partial charge in [-0.05, 0) is 18.2 Å². The summed E-state index contributed by atoms with van der Waals surface area (Å²) in [6.45, 7) is 0. The van der Waals surface area contributed by atoms with Crippen LogP contribution >= 0.6 is 15.9 Å². The third-order valence-electron chi connectivity index (χ3n) is 3.15. The molecule has 106 valence electrons. The summed E-state index contributed by atoms with van der Waals surface area (Å²) in [6.07, 6.45) is 0. The zero-order chi connectivity index (χ0) is 15.0. The van der Waals surface area contributed by atoms with Gasteiger partial charge in [0.15, 0.2) is 5.82 Å². The van der Waals surface area contributed by atoms with Crippen LogP contribution < -0.4 is 5.73 Å². The van der Waals surface area contributed by atoms with Gasteiger partial charge < -0.3 is 5.73 Å². The van der Waals surface area contributed by atoms with Gasteiger partial charge in [0.25, 0.3) is 0 Å². The van der Waals surface area contributed by atoms with Gasteiger partial charge in [0.2, 0.25) is 0 Å². The molecule has 0 unspecified atom stereocenters. The lowest BCUT2D eigenvalue weighted by atomic mass is 10.00. The number of nitrogens with zero attached hydrogens (tertiary/aromatic N) is 1. The van der Waals surface area contributed by atoms with Gasteiger partial charge in [-0.2, -0.15) is 5.10 Å². The third kappa shape index (κ3) is 2.31. The number of aromatic amines is 1. The normalized spacial score (nSPS) is 10.8. The second kappa shape index (κ2) is 5.29. The number of rotatable bonds is 2. The van der Waals surface area contributed by atoms with E-state index >= 15 is 0 Å². The number of hydrogen-bond donors (Lipinski definition) is 2. The minimum atomic E-state index is -0.674. The highest BCUT2D eigenvalue weighted by Crippen LogP contribution is 2.39. The van der Waals surface area contributed by atoms with E-state index in [1.165, 1.54) is 18.2 Å². The van der Waals surface area contributed by atoms with E-state index in [-0.39, 0.29) is 17.1 Å². The summed E-state index contributed by atoms with van der Waals surface area (Å²) in [6, 6.07) is 11.0. The highest BCUT2D eigenvalue weighted by molar-refractivity contribution is 9.10. The summed E-state index contributed by atoms with van der Waals surface area (Å²) < 4.78 is 28.8. The van der Waals surface area contributed by atoms with E-state index in [2.05, 4.69) is 26.1 Å². The van der Waals surface area contributed by atoms with Gasteiger partial charge in [0.1, 0.15) is 11.6 Å². The number of halogens is 3. The standard InChI is InChI=1S/C15H10BrF2N3/c16-9-5-2-1-4-8(9)12-14(20-21-15(12)19)13-10(17)6-3-7-11(13)18/h1-7H,(H3,19,20,21). The molecule has 1 heterocycles. The molecule has 0 atom stereocenters. The van der Waals surface area contributed by atoms with Crippen LogP contribution in [-0.4, -0.2) is 10.2 Å². The van der Waals surface area contributed by atoms with Crippen LogP contribution in [0.1, 0.15) is 0 Å². The Labute approximate surface area is 127 Å². The minimum absolute atomic E-state index is 0.174. The Bertz CT molecular complexity index is 794. The quantitative estimate of drug-likeness (QED) is 0.721. The Morgan fingerprint density at radius 3 is 2.29 bits per heavy atom. The van der Waals surface area contributed by atoms with Gasteiger partial charge in [-0.15, -0.1) is 0 Å². The van der Waals surface area contributed by atoms with Crippen molar-refractivity contribution in [3.05, 3.63) is 58.6 Å². The maximum atomic E-state index is 14.0. The third-order valence-corrected chi connectivity index (χ3v) is 3.84. The van der Waals surface area contributed by atoms with E-state index in [1.807, 2.05) is 18.2 Å². The summed E-state index contributed by atoms with van der Waals surface area (Å²) in [4.78, 5) is 0. The largest absolute Gasteiger partial charge is 0.382 e. The van der Waals surface area contributed by atoms with E-state index in [0.717, 1.165) is 4.47 Å². The van der Waals surface area contributed by atoms with Crippen molar-refractivity contribution < 1.29 is 8.78 Å². The SMILES string of the molecule is Nc1n[nH]c(-c2c(F)cccc2F)c1-c1ccccc1Br. The van der Waals surface area contributed by atoms with E-state index in [1.54, 1.807) is 6.07 Å². The number of H-pyrrole nitrogens is 1. The van der Waals surface area contributed by atoms with Crippen LogP contribution in [0.2, 0.25) is 0 Å². The zero-order valence-electron chi connectivity index (χ0n) is 10.7. The van der Waals surface area contributed by atoms with Crippen molar-refractivity contribution >= 4 is 21.7 Å². The van der Waals surface area contributed by atoms with Crippen molar-refractivity contribution in [1.82, 2.24) is 10.2 Å². The lowest BCUT2D eigenvalue weighted by molar-refractivity contribution is 0.588. The fourth-order valence-electron chi connectivity index (χ4n) is 2.21. The molecule has 0 radical (unpaired) electrons. The predicted molar refractivity (Wildman–Crippen MR) is 81.5 cm³/mol. The Hall–Kier alpha value is -2.21. The van der Waals surface area contributed by atoms with E-state index in [4.69, 9.17) is 5.73 Å². The van der Waals surface area contributed by atoms with Crippen molar-refractivity contribution in [3.63, 3.8) is 0 Å². The molecule has 3 nitrogen and oxygen atoms in total. The van der Waals surface area contributed by atoms with Crippen molar-refractivity contribution in [3.8, 4) is 22.4 Å². The maximum Gasteiger partial charge on any atom is 0.153 e. The smallest absolute Gasteiger partial charge is 0.153 e. The van der Waals surface area contributed by atoms with Gasteiger partial charge in [-0.25, -0.2) is 8.78 Å². The average Bonchev–Trinajstić information content (AvgIpc) is 2.81. The molecular formula is C15H10BrF2N3. The molecule has 6 heteroatoms. The molecule has 0 spiro atoms. The number of nitrogens with two attached hydrogens (primary N) is 1. The van der Waals surface area contributed by atoms with Gasteiger partial charge in [0.05, 0.1) is 16.8 Å². The van der Waals surface area contributed by atoms with Crippen LogP contribution in [0.3, 0.4) is 0 Å². The van der Waals surface area contributed by atoms with Gasteiger partial charge in [-0.3, -0.25) is 5.10 Å². The average molecular weight is 350 g/mol. The molecule has 3 N–H and O–H groups in total. The number of aromatic nitrogens is 2. The molecule has 3 aromatic rings. The summed E-state index contributed by atoms with van der Waals surface area (Å²) in [5, 5.41) is 6.51. The summed E-state index contributed by atoms with van der Waals surface area (Å²) >= 11 is 3.41. The van der Waals surface area contributed by atoms with Crippen molar-refractivity contribution in [1.29, 1.82) is 0 Å². The number of benzene rings is 2. The number of anilines is 1. The Balaban J connectivity index is 2.31. The molecule has 3 rings (SSSR count). The van der Waals surface area contributed by atoms with Gasteiger partial charge in [-0.1, -0.05) is 40.2 Å². The van der Waals surface area contributed by atoms with Crippen LogP contribution in [0.15, 0.2) is 46.9 Å². The van der Waals surface area contributed by atoms with Crippen LogP contribution in [-0.2, 0) is 0 Å². The van der Waals surface area contributed by atoms with Crippen LogP contribution in [0.25, 0.3) is 22.4 Å². The minimum Gasteiger partial charge on any atom is -0.382 e. The predicted octanol–water partition coefficient (Wildman–Crippen LogP) is 4.37. The van der Waals surface area contributed by atoms with Gasteiger partial charge >= 0.3 is 0 Å². The molecule has 2 aromatic carbocycles. The molecule has 0 bridgehead atoms. The number of hydrogen-bond acceptors (Lipinski definition) is 2. The second-order valence-corrected chi connectivity index (χ2v) is 5.29. The Morgan fingerprint density at radius 2 is 1.62 bits per heavy atom. The van der Waals surface area contributed by atoms with Crippen molar-refractivity contribution in [2.24, 2.45) is 0 Å². The molecule has 0 aliphatic heterocycles. The first kappa shape index (κ1) is 13.8. The first-order valence-corrected chi connectivity index (χ1v) is 6.92. The lowest BCUT2D eigenvalue weighted by Gasteiger charge is -2.08. The number of nitrogen functional groups attached to an aromatic ring is 1. The van der Waals surface area contributed by atoms with Crippen molar-refractivity contribution in [2.45, 2.75) is 0 Å². The van der Waals surface area contributed by atoms with Crippen molar-refractivity contribution in [2.75, 3.05) is 5.73 Å². The van der Waals surface area contributed by atoms with Crippen LogP contribution in [0.4, 0.5) is 14.6 Å². The van der Waals surface area contributed by atoms with E-state index in [0.29, 0.717) is 11.1 Å². The van der Waals surface area contributed by atoms with E-state index < -0.39 is 11.6 Å². The molecule has 0 saturated carbocycles. The Morgan fingerprint density at radius 1 is 0.952 bits per heavy atom. The fraction of sp³-hybridized carbons (Fsp3) is 0. The molecule has 1 aromatic heterocycles. The first-order valence-electron chi connectivity index (χ1n) is 6.12. The fourth-order valence-corrected chi connectivity index (χ4v) is 2.69. The molecule has 0 aliphatic carbocycles. The molecule has 0 saturated heterocycles. The maximum absolute atomic E-state index is 14.0. The topological polar surface area (TPSA) is 54.7 Å². The van der Waals surface area contributed by atoms with E-state index in [9.17, 15) is 8.78 Å². The monoisotopic (exact) mass is 349 g/mol. The number of nitrogens with one attached hydrogen (secondary N) is 1.